The molecule has 0 amide bonds. The molecule has 1 aliphatic heterocycles. The summed E-state index contributed by atoms with van der Waals surface area (Å²) in [5, 5.41) is 0.752. The first-order valence-corrected chi connectivity index (χ1v) is 10.4. The number of hydrogen-bond acceptors (Lipinski definition) is 3. The Bertz CT molecular complexity index is 784. The lowest BCUT2D eigenvalue weighted by molar-refractivity contribution is 0.380. The Kier molecular flexibility index (Phi) is 6.16. The van der Waals surface area contributed by atoms with E-state index < -0.39 is 10.8 Å². The van der Waals surface area contributed by atoms with E-state index in [0.717, 1.165) is 41.7 Å². The van der Waals surface area contributed by atoms with Crippen LogP contribution in [0.15, 0.2) is 58.4 Å². The molecule has 7 heteroatoms. The fourth-order valence-electron chi connectivity index (χ4n) is 2.90. The van der Waals surface area contributed by atoms with Gasteiger partial charge in [0.05, 0.1) is 6.54 Å². The molecule has 0 saturated carbocycles. The number of piperazine rings is 1. The van der Waals surface area contributed by atoms with Crippen molar-refractivity contribution in [2.45, 2.75) is 11.4 Å². The van der Waals surface area contributed by atoms with Crippen LogP contribution in [0.5, 0.6) is 0 Å². The van der Waals surface area contributed by atoms with Crippen LogP contribution in [0.3, 0.4) is 0 Å². The highest BCUT2D eigenvalue weighted by Gasteiger charge is 2.18. The molecular weight excluding hydrogens is 368 g/mol. The van der Waals surface area contributed by atoms with Crippen molar-refractivity contribution in [2.75, 3.05) is 37.3 Å². The number of anilines is 1. The molecule has 1 unspecified atom stereocenters. The third-order valence-electron chi connectivity index (χ3n) is 4.47. The zero-order valence-corrected chi connectivity index (χ0v) is 16.3. The predicted molar refractivity (Wildman–Crippen MR) is 109 cm³/mol. The van der Waals surface area contributed by atoms with Crippen LogP contribution < -0.4 is 10.6 Å². The zero-order valence-electron chi connectivity index (χ0n) is 14.8. The van der Waals surface area contributed by atoms with E-state index in [-0.39, 0.29) is 0 Å². The average Bonchev–Trinajstić information content (AvgIpc) is 2.67. The van der Waals surface area contributed by atoms with Gasteiger partial charge in [-0.05, 0) is 42.0 Å². The van der Waals surface area contributed by atoms with Gasteiger partial charge < -0.3 is 15.5 Å². The van der Waals surface area contributed by atoms with E-state index >= 15 is 0 Å². The minimum Gasteiger partial charge on any atom is -0.370 e. The van der Waals surface area contributed by atoms with Crippen LogP contribution in [0.25, 0.3) is 0 Å². The summed E-state index contributed by atoms with van der Waals surface area (Å²) in [6.45, 7) is 4.00. The molecule has 1 atom stereocenters. The lowest BCUT2D eigenvalue weighted by Crippen LogP contribution is -2.51. The number of halogens is 1. The topological polar surface area (TPSA) is 61.9 Å². The van der Waals surface area contributed by atoms with Gasteiger partial charge in [-0.3, -0.25) is 4.21 Å². The molecule has 3 rings (SSSR count). The van der Waals surface area contributed by atoms with Crippen LogP contribution in [-0.4, -0.2) is 47.5 Å². The van der Waals surface area contributed by atoms with E-state index in [1.807, 2.05) is 48.5 Å². The average molecular weight is 391 g/mol. The second-order valence-corrected chi connectivity index (χ2v) is 8.04. The van der Waals surface area contributed by atoms with Crippen LogP contribution in [-0.2, 0) is 17.3 Å². The number of rotatable bonds is 4. The second-order valence-electron chi connectivity index (χ2n) is 6.22. The summed E-state index contributed by atoms with van der Waals surface area (Å²) in [7, 11) is -0.955. The molecule has 1 fully saturated rings. The number of aliphatic imine (C=N–C) groups is 1. The summed E-state index contributed by atoms with van der Waals surface area (Å²) in [5.41, 5.74) is 8.41. The first kappa shape index (κ1) is 18.7. The molecule has 1 heterocycles. The van der Waals surface area contributed by atoms with E-state index in [9.17, 15) is 4.21 Å². The van der Waals surface area contributed by atoms with Gasteiger partial charge >= 0.3 is 0 Å². The van der Waals surface area contributed by atoms with E-state index in [4.69, 9.17) is 17.3 Å². The Labute approximate surface area is 161 Å². The van der Waals surface area contributed by atoms with Crippen molar-refractivity contribution >= 4 is 34.0 Å². The summed E-state index contributed by atoms with van der Waals surface area (Å²) in [5.74, 6) is 0.573. The summed E-state index contributed by atoms with van der Waals surface area (Å²) in [6, 6.07) is 15.6. The molecule has 2 N–H and O–H groups in total. The molecule has 2 aromatic carbocycles. The van der Waals surface area contributed by atoms with Gasteiger partial charge in [0.15, 0.2) is 5.96 Å². The summed E-state index contributed by atoms with van der Waals surface area (Å²) in [4.78, 5) is 9.77. The van der Waals surface area contributed by atoms with E-state index in [1.165, 1.54) is 5.69 Å². The van der Waals surface area contributed by atoms with Crippen molar-refractivity contribution in [3.63, 3.8) is 0 Å². The molecule has 5 nitrogen and oxygen atoms in total. The standard InChI is InChI=1S/C19H23ClN4OS/c1-26(25)18-8-2-15(3-9-18)14-22-19(21)24-12-10-23(11-13-24)17-6-4-16(20)5-7-17/h2-9H,10-14H2,1H3,(H2,21,22). The molecule has 0 aromatic heterocycles. The largest absolute Gasteiger partial charge is 0.370 e. The highest BCUT2D eigenvalue weighted by atomic mass is 35.5. The minimum absolute atomic E-state index is 0.528. The van der Waals surface area contributed by atoms with E-state index in [0.29, 0.717) is 12.5 Å². The van der Waals surface area contributed by atoms with Gasteiger partial charge in [-0.25, -0.2) is 4.99 Å². The highest BCUT2D eigenvalue weighted by molar-refractivity contribution is 7.84. The van der Waals surface area contributed by atoms with Gasteiger partial charge in [-0.15, -0.1) is 0 Å². The molecule has 138 valence electrons. The first-order valence-electron chi connectivity index (χ1n) is 8.50. The number of hydrogen-bond donors (Lipinski definition) is 1. The van der Waals surface area contributed by atoms with Gasteiger partial charge in [0.1, 0.15) is 0 Å². The summed E-state index contributed by atoms with van der Waals surface area (Å²) >= 11 is 5.95. The maximum Gasteiger partial charge on any atom is 0.191 e. The van der Waals surface area contributed by atoms with Crippen molar-refractivity contribution in [3.8, 4) is 0 Å². The van der Waals surface area contributed by atoms with Crippen molar-refractivity contribution in [2.24, 2.45) is 10.7 Å². The van der Waals surface area contributed by atoms with Gasteiger partial charge in [-0.2, -0.15) is 0 Å². The molecule has 26 heavy (non-hydrogen) atoms. The quantitative estimate of drug-likeness (QED) is 0.644. The van der Waals surface area contributed by atoms with Crippen LogP contribution >= 0.6 is 11.6 Å². The lowest BCUT2D eigenvalue weighted by Gasteiger charge is -2.36. The number of benzene rings is 2. The lowest BCUT2D eigenvalue weighted by atomic mass is 10.2. The Morgan fingerprint density at radius 3 is 2.27 bits per heavy atom. The maximum atomic E-state index is 11.4. The van der Waals surface area contributed by atoms with Crippen LogP contribution in [0.4, 0.5) is 5.69 Å². The fourth-order valence-corrected chi connectivity index (χ4v) is 3.55. The number of guanidine groups is 1. The molecule has 0 radical (unpaired) electrons. The molecule has 0 aliphatic carbocycles. The zero-order chi connectivity index (χ0) is 18.5. The molecule has 1 aliphatic rings. The molecule has 0 spiro atoms. The van der Waals surface area contributed by atoms with Crippen LogP contribution in [0.2, 0.25) is 5.02 Å². The Hall–Kier alpha value is -2.05. The van der Waals surface area contributed by atoms with Crippen LogP contribution in [0.1, 0.15) is 5.56 Å². The summed E-state index contributed by atoms with van der Waals surface area (Å²) in [6.07, 6.45) is 1.68. The minimum atomic E-state index is -0.955. The fraction of sp³-hybridized carbons (Fsp3) is 0.316. The van der Waals surface area contributed by atoms with E-state index in [1.54, 1.807) is 6.26 Å². The Morgan fingerprint density at radius 2 is 1.69 bits per heavy atom. The monoisotopic (exact) mass is 390 g/mol. The summed E-state index contributed by atoms with van der Waals surface area (Å²) < 4.78 is 11.4. The third-order valence-corrected chi connectivity index (χ3v) is 5.66. The Morgan fingerprint density at radius 1 is 1.08 bits per heavy atom. The number of nitrogens with two attached hydrogens (primary N) is 1. The van der Waals surface area contributed by atoms with Crippen molar-refractivity contribution in [1.82, 2.24) is 4.90 Å². The van der Waals surface area contributed by atoms with Gasteiger partial charge in [0.25, 0.3) is 0 Å². The van der Waals surface area contributed by atoms with Crippen molar-refractivity contribution in [1.29, 1.82) is 0 Å². The third kappa shape index (κ3) is 4.77. The molecular formula is C19H23ClN4OS. The molecule has 1 saturated heterocycles. The van der Waals surface area contributed by atoms with Crippen molar-refractivity contribution in [3.05, 3.63) is 59.1 Å². The SMILES string of the molecule is CS(=O)c1ccc(CN=C(N)N2CCN(c3ccc(Cl)cc3)CC2)cc1. The maximum absolute atomic E-state index is 11.4. The molecule has 0 bridgehead atoms. The smallest absolute Gasteiger partial charge is 0.191 e. The van der Waals surface area contributed by atoms with E-state index in [2.05, 4.69) is 14.8 Å². The first-order chi connectivity index (χ1) is 12.5. The highest BCUT2D eigenvalue weighted by Crippen LogP contribution is 2.19. The second kappa shape index (κ2) is 8.56. The number of nitrogens with zero attached hydrogens (tertiary/aromatic N) is 3. The van der Waals surface area contributed by atoms with Crippen LogP contribution in [0, 0.1) is 0 Å². The van der Waals surface area contributed by atoms with Gasteiger partial charge in [0.2, 0.25) is 0 Å². The Balaban J connectivity index is 1.54. The van der Waals surface area contributed by atoms with Crippen molar-refractivity contribution < 1.29 is 4.21 Å². The predicted octanol–water partition coefficient (Wildman–Crippen LogP) is 2.71. The van der Waals surface area contributed by atoms with Gasteiger partial charge in [0, 0.05) is 58.8 Å². The normalized spacial score (nSPS) is 16.6. The van der Waals surface area contributed by atoms with Gasteiger partial charge in [-0.1, -0.05) is 23.7 Å². The molecule has 2 aromatic rings.